The summed E-state index contributed by atoms with van der Waals surface area (Å²) in [5.74, 6) is 0.00248. The SMILES string of the molecule is N#Cc1cccc(NC(=O)Nc2ccc(OC(F)F)cc2)c1. The highest BCUT2D eigenvalue weighted by Crippen LogP contribution is 2.18. The molecule has 5 nitrogen and oxygen atoms in total. The van der Waals surface area contributed by atoms with Gasteiger partial charge >= 0.3 is 12.6 Å². The average Bonchev–Trinajstić information content (AvgIpc) is 2.49. The maximum absolute atomic E-state index is 12.0. The Morgan fingerprint density at radius 3 is 2.41 bits per heavy atom. The van der Waals surface area contributed by atoms with E-state index in [1.165, 1.54) is 30.3 Å². The van der Waals surface area contributed by atoms with Crippen molar-refractivity contribution in [1.82, 2.24) is 0 Å². The molecule has 0 radical (unpaired) electrons. The quantitative estimate of drug-likeness (QED) is 0.902. The fourth-order valence-electron chi connectivity index (χ4n) is 1.68. The number of rotatable bonds is 4. The minimum Gasteiger partial charge on any atom is -0.435 e. The lowest BCUT2D eigenvalue weighted by atomic mass is 10.2. The van der Waals surface area contributed by atoms with Gasteiger partial charge in [-0.25, -0.2) is 4.79 Å². The van der Waals surface area contributed by atoms with E-state index in [0.717, 1.165) is 0 Å². The molecule has 22 heavy (non-hydrogen) atoms. The van der Waals surface area contributed by atoms with Gasteiger partial charge in [0.05, 0.1) is 11.6 Å². The van der Waals surface area contributed by atoms with E-state index in [1.54, 1.807) is 18.2 Å². The second-order valence-electron chi connectivity index (χ2n) is 4.17. The number of carbonyl (C=O) groups excluding carboxylic acids is 1. The minimum absolute atomic E-state index is 0.00248. The van der Waals surface area contributed by atoms with Crippen molar-refractivity contribution < 1.29 is 18.3 Å². The minimum atomic E-state index is -2.89. The zero-order valence-corrected chi connectivity index (χ0v) is 11.2. The Labute approximate surface area is 125 Å². The van der Waals surface area contributed by atoms with Crippen LogP contribution >= 0.6 is 0 Å². The number of hydrogen-bond donors (Lipinski definition) is 2. The fourth-order valence-corrected chi connectivity index (χ4v) is 1.68. The van der Waals surface area contributed by atoms with Gasteiger partial charge in [-0.05, 0) is 42.5 Å². The van der Waals surface area contributed by atoms with Gasteiger partial charge < -0.3 is 15.4 Å². The molecule has 7 heteroatoms. The third kappa shape index (κ3) is 4.45. The maximum atomic E-state index is 12.0. The molecule has 0 unspecified atom stereocenters. The molecule has 0 fully saturated rings. The monoisotopic (exact) mass is 303 g/mol. The van der Waals surface area contributed by atoms with E-state index < -0.39 is 12.6 Å². The highest BCUT2D eigenvalue weighted by Gasteiger charge is 2.06. The van der Waals surface area contributed by atoms with Gasteiger partial charge in [0.1, 0.15) is 5.75 Å². The molecule has 2 aromatic rings. The molecular weight excluding hydrogens is 292 g/mol. The van der Waals surface area contributed by atoms with E-state index in [2.05, 4.69) is 15.4 Å². The lowest BCUT2D eigenvalue weighted by Gasteiger charge is -2.09. The van der Waals surface area contributed by atoms with Gasteiger partial charge in [0.25, 0.3) is 0 Å². The van der Waals surface area contributed by atoms with Crippen LogP contribution in [-0.2, 0) is 0 Å². The Morgan fingerprint density at radius 1 is 1.09 bits per heavy atom. The van der Waals surface area contributed by atoms with Crippen LogP contribution in [0, 0.1) is 11.3 Å². The van der Waals surface area contributed by atoms with Crippen molar-refractivity contribution >= 4 is 17.4 Å². The molecular formula is C15H11F2N3O2. The zero-order valence-electron chi connectivity index (χ0n) is 11.2. The lowest BCUT2D eigenvalue weighted by molar-refractivity contribution is -0.0498. The summed E-state index contributed by atoms with van der Waals surface area (Å²) in [4.78, 5) is 11.8. The first-order valence-electron chi connectivity index (χ1n) is 6.20. The number of anilines is 2. The van der Waals surface area contributed by atoms with Crippen molar-refractivity contribution in [2.24, 2.45) is 0 Å². The largest absolute Gasteiger partial charge is 0.435 e. The second kappa shape index (κ2) is 7.04. The van der Waals surface area contributed by atoms with E-state index in [0.29, 0.717) is 16.9 Å². The highest BCUT2D eigenvalue weighted by atomic mass is 19.3. The predicted octanol–water partition coefficient (Wildman–Crippen LogP) is 3.80. The van der Waals surface area contributed by atoms with Crippen molar-refractivity contribution in [3.63, 3.8) is 0 Å². The Kier molecular flexibility index (Phi) is 4.88. The number of urea groups is 1. The molecule has 0 heterocycles. The number of carbonyl (C=O) groups is 1. The number of ether oxygens (including phenoxy) is 1. The van der Waals surface area contributed by atoms with Gasteiger partial charge in [-0.3, -0.25) is 0 Å². The topological polar surface area (TPSA) is 74.2 Å². The van der Waals surface area contributed by atoms with Crippen LogP contribution in [0.25, 0.3) is 0 Å². The summed E-state index contributed by atoms with van der Waals surface area (Å²) < 4.78 is 28.2. The average molecular weight is 303 g/mol. The van der Waals surface area contributed by atoms with Crippen LogP contribution in [-0.4, -0.2) is 12.6 Å². The third-order valence-corrected chi connectivity index (χ3v) is 2.59. The van der Waals surface area contributed by atoms with Gasteiger partial charge in [0.15, 0.2) is 0 Å². The second-order valence-corrected chi connectivity index (χ2v) is 4.17. The van der Waals surface area contributed by atoms with Gasteiger partial charge in [0.2, 0.25) is 0 Å². The van der Waals surface area contributed by atoms with Crippen molar-refractivity contribution in [2.75, 3.05) is 10.6 Å². The van der Waals surface area contributed by atoms with Crippen LogP contribution in [0.15, 0.2) is 48.5 Å². The first kappa shape index (κ1) is 15.3. The number of nitriles is 1. The summed E-state index contributed by atoms with van der Waals surface area (Å²) in [5.41, 5.74) is 1.30. The summed E-state index contributed by atoms with van der Waals surface area (Å²) in [6.45, 7) is -2.89. The van der Waals surface area contributed by atoms with Crippen molar-refractivity contribution in [3.05, 3.63) is 54.1 Å². The fraction of sp³-hybridized carbons (Fsp3) is 0.0667. The van der Waals surface area contributed by atoms with Gasteiger partial charge in [0, 0.05) is 11.4 Å². The van der Waals surface area contributed by atoms with Crippen molar-refractivity contribution in [3.8, 4) is 11.8 Å². The molecule has 0 aliphatic carbocycles. The smallest absolute Gasteiger partial charge is 0.387 e. The van der Waals surface area contributed by atoms with Crippen LogP contribution in [0.2, 0.25) is 0 Å². The van der Waals surface area contributed by atoms with Crippen LogP contribution in [0.5, 0.6) is 5.75 Å². The number of amides is 2. The van der Waals surface area contributed by atoms with Crippen LogP contribution in [0.4, 0.5) is 25.0 Å². The summed E-state index contributed by atoms with van der Waals surface area (Å²) in [5, 5.41) is 13.9. The molecule has 0 saturated heterocycles. The molecule has 0 aliphatic rings. The predicted molar refractivity (Wildman–Crippen MR) is 76.9 cm³/mol. The van der Waals surface area contributed by atoms with E-state index in [1.807, 2.05) is 6.07 Å². The molecule has 2 amide bonds. The number of alkyl halides is 2. The molecule has 112 valence electrons. The van der Waals surface area contributed by atoms with E-state index >= 15 is 0 Å². The Bertz CT molecular complexity index is 697. The summed E-state index contributed by atoms with van der Waals surface area (Å²) in [6.07, 6.45) is 0. The highest BCUT2D eigenvalue weighted by molar-refractivity contribution is 5.99. The van der Waals surface area contributed by atoms with Crippen LogP contribution in [0.1, 0.15) is 5.56 Å². The first-order valence-corrected chi connectivity index (χ1v) is 6.20. The Hall–Kier alpha value is -3.14. The van der Waals surface area contributed by atoms with Gasteiger partial charge in [-0.1, -0.05) is 6.07 Å². The molecule has 0 aromatic heterocycles. The van der Waals surface area contributed by atoms with E-state index in [-0.39, 0.29) is 5.75 Å². The molecule has 0 spiro atoms. The van der Waals surface area contributed by atoms with Crippen LogP contribution in [0.3, 0.4) is 0 Å². The number of nitrogens with one attached hydrogen (secondary N) is 2. The molecule has 2 N–H and O–H groups in total. The normalized spacial score (nSPS) is 9.91. The maximum Gasteiger partial charge on any atom is 0.387 e. The van der Waals surface area contributed by atoms with Gasteiger partial charge in [-0.15, -0.1) is 0 Å². The number of nitrogens with zero attached hydrogens (tertiary/aromatic N) is 1. The molecule has 0 atom stereocenters. The lowest BCUT2D eigenvalue weighted by Crippen LogP contribution is -2.19. The molecule has 0 bridgehead atoms. The summed E-state index contributed by atoms with van der Waals surface area (Å²) >= 11 is 0. The van der Waals surface area contributed by atoms with Gasteiger partial charge in [-0.2, -0.15) is 14.0 Å². The van der Waals surface area contributed by atoms with E-state index in [9.17, 15) is 13.6 Å². The number of halogens is 2. The Balaban J connectivity index is 1.95. The molecule has 2 rings (SSSR count). The van der Waals surface area contributed by atoms with E-state index in [4.69, 9.17) is 5.26 Å². The Morgan fingerprint density at radius 2 is 1.77 bits per heavy atom. The third-order valence-electron chi connectivity index (χ3n) is 2.59. The van der Waals surface area contributed by atoms with Crippen molar-refractivity contribution in [2.45, 2.75) is 6.61 Å². The molecule has 0 aliphatic heterocycles. The summed E-state index contributed by atoms with van der Waals surface area (Å²) in [7, 11) is 0. The number of hydrogen-bond acceptors (Lipinski definition) is 3. The first-order chi connectivity index (χ1) is 10.6. The number of benzene rings is 2. The summed E-state index contributed by atoms with van der Waals surface area (Å²) in [6, 6.07) is 13.4. The molecule has 2 aromatic carbocycles. The van der Waals surface area contributed by atoms with Crippen LogP contribution < -0.4 is 15.4 Å². The zero-order chi connectivity index (χ0) is 15.9. The van der Waals surface area contributed by atoms with Crippen molar-refractivity contribution in [1.29, 1.82) is 5.26 Å². The standard InChI is InChI=1S/C15H11F2N3O2/c16-14(17)22-13-6-4-11(5-7-13)19-15(21)20-12-3-1-2-10(8-12)9-18/h1-8,14H,(H2,19,20,21). The molecule has 0 saturated carbocycles.